The van der Waals surface area contributed by atoms with Crippen molar-refractivity contribution in [2.75, 3.05) is 0 Å². The zero-order chi connectivity index (χ0) is 15.6. The monoisotopic (exact) mass is 542 g/mol. The molecule has 2 bridgehead atoms. The zero-order valence-corrected chi connectivity index (χ0v) is 17.7. The molecule has 8 atom stereocenters. The topological polar surface area (TPSA) is 70.2 Å². The first kappa shape index (κ1) is 15.0. The summed E-state index contributed by atoms with van der Waals surface area (Å²) in [5.41, 5.74) is 0. The number of fused-ring (bicyclic) bond motifs is 7. The Labute approximate surface area is 158 Å². The molecule has 4 saturated carbocycles. The third-order valence-corrected chi connectivity index (χ3v) is 15.1. The van der Waals surface area contributed by atoms with Crippen LogP contribution in [0.3, 0.4) is 0 Å². The summed E-state index contributed by atoms with van der Waals surface area (Å²) in [6.07, 6.45) is 8.61. The molecule has 6 aliphatic rings. The number of ether oxygens (including phenoxy) is 1. The summed E-state index contributed by atoms with van der Waals surface area (Å²) in [6.45, 7) is 2.07. The summed E-state index contributed by atoms with van der Waals surface area (Å²) in [5, 5.41) is 0. The van der Waals surface area contributed by atoms with Crippen LogP contribution in [0.4, 0.5) is 0 Å². The zero-order valence-electron chi connectivity index (χ0n) is 13.4. The van der Waals surface area contributed by atoms with Crippen molar-refractivity contribution in [1.29, 1.82) is 0 Å². The molecule has 6 heteroatoms. The summed E-state index contributed by atoms with van der Waals surface area (Å²) in [7, 11) is 0. The van der Waals surface area contributed by atoms with Crippen LogP contribution in [0.15, 0.2) is 0 Å². The number of hydrogen-bond acceptors (Lipinski definition) is 4. The number of nitrogens with one attached hydrogen (secondary N) is 2. The van der Waals surface area contributed by atoms with Gasteiger partial charge in [0.2, 0.25) is 0 Å². The van der Waals surface area contributed by atoms with Gasteiger partial charge in [0.05, 0.1) is 0 Å². The first-order chi connectivity index (χ1) is 11.0. The number of carbonyl (C=O) groups excluding carboxylic acids is 1. The third kappa shape index (κ3) is 1.82. The average molecular weight is 542 g/mol. The second kappa shape index (κ2) is 4.57. The minimum absolute atomic E-state index is 0.00364. The number of rotatable bonds is 3. The van der Waals surface area contributed by atoms with Gasteiger partial charge in [-0.25, -0.2) is 0 Å². The van der Waals surface area contributed by atoms with Crippen LogP contribution in [0.1, 0.15) is 45.4 Å². The van der Waals surface area contributed by atoms with Crippen molar-refractivity contribution in [3.63, 3.8) is 0 Å². The molecule has 4 aliphatic carbocycles. The standard InChI is InChI=1S/C17H24I2N2O2/c1-16(18,17-19(20-17)21-17)15(22)23-14-11-5-4-9(11)7-12-8-2-3-10(6-8)13(12)14/h8-14,20-21H,2-7H2,1H3. The molecule has 0 radical (unpaired) electrons. The van der Waals surface area contributed by atoms with E-state index in [9.17, 15) is 4.79 Å². The Bertz CT molecular complexity index is 591. The first-order valence-electron chi connectivity index (χ1n) is 9.17. The molecule has 0 aromatic rings. The van der Waals surface area contributed by atoms with Crippen molar-refractivity contribution in [3.05, 3.63) is 0 Å². The van der Waals surface area contributed by atoms with Crippen molar-refractivity contribution >= 4 is 48.9 Å². The van der Waals surface area contributed by atoms with E-state index in [1.165, 1.54) is 38.5 Å². The Kier molecular flexibility index (Phi) is 2.97. The van der Waals surface area contributed by atoms with Crippen LogP contribution in [0.5, 0.6) is 0 Å². The molecule has 2 heterocycles. The molecule has 4 nitrogen and oxygen atoms in total. The van der Waals surface area contributed by atoms with E-state index in [1.54, 1.807) is 0 Å². The molecule has 0 spiro atoms. The van der Waals surface area contributed by atoms with Gasteiger partial charge in [0.25, 0.3) is 0 Å². The molecule has 2 N–H and O–H groups in total. The molecule has 6 fully saturated rings. The summed E-state index contributed by atoms with van der Waals surface area (Å²) in [6, 6.07) is 0. The summed E-state index contributed by atoms with van der Waals surface area (Å²) in [5.74, 6) is 4.95. The summed E-state index contributed by atoms with van der Waals surface area (Å²) >= 11 is 1.22. The number of esters is 1. The maximum absolute atomic E-state index is 13.0. The van der Waals surface area contributed by atoms with Gasteiger partial charge in [-0.15, -0.1) is 0 Å². The predicted octanol–water partition coefficient (Wildman–Crippen LogP) is 3.38. The van der Waals surface area contributed by atoms with Gasteiger partial charge in [0.15, 0.2) is 0 Å². The summed E-state index contributed by atoms with van der Waals surface area (Å²) < 4.78 is 12.9. The molecule has 2 aliphatic heterocycles. The van der Waals surface area contributed by atoms with Crippen molar-refractivity contribution < 1.29 is 9.53 Å². The number of halogens is 2. The van der Waals surface area contributed by atoms with E-state index in [0.717, 1.165) is 23.7 Å². The number of alkyl halides is 2. The second-order valence-electron chi connectivity index (χ2n) is 8.82. The van der Waals surface area contributed by atoms with E-state index in [-0.39, 0.29) is 15.7 Å². The fourth-order valence-electron chi connectivity index (χ4n) is 6.39. The average Bonchev–Trinajstić information content (AvgIpc) is 3.25. The fourth-order valence-corrected chi connectivity index (χ4v) is 14.2. The molecule has 6 rings (SSSR count). The Balaban J connectivity index is 1.27. The Morgan fingerprint density at radius 2 is 1.78 bits per heavy atom. The van der Waals surface area contributed by atoms with Crippen LogP contribution < -0.4 is 7.06 Å². The predicted molar refractivity (Wildman–Crippen MR) is 104 cm³/mol. The molecule has 0 aromatic carbocycles. The van der Waals surface area contributed by atoms with Crippen LogP contribution in [-0.2, 0) is 9.53 Å². The normalized spacial score (nSPS) is 54.2. The SMILES string of the molecule is CC(I)(C(=O)OC1C2CCC2CC2C3CCC(C3)C21)C12NI1N2. The van der Waals surface area contributed by atoms with Crippen molar-refractivity contribution in [1.82, 2.24) is 7.06 Å². The van der Waals surface area contributed by atoms with E-state index in [2.05, 4.69) is 36.6 Å². The molecular formula is C17H24I2N2O2. The molecule has 2 saturated heterocycles. The van der Waals surface area contributed by atoms with Crippen molar-refractivity contribution in [3.8, 4) is 0 Å². The first-order valence-corrected chi connectivity index (χ1v) is 13.5. The van der Waals surface area contributed by atoms with E-state index in [4.69, 9.17) is 4.74 Å². The summed E-state index contributed by atoms with van der Waals surface area (Å²) in [4.78, 5) is 13.0. The minimum atomic E-state index is -1.12. The molecule has 0 amide bonds. The van der Waals surface area contributed by atoms with Crippen LogP contribution in [0.25, 0.3) is 0 Å². The van der Waals surface area contributed by atoms with Gasteiger partial charge in [-0.05, 0) is 0 Å². The number of carbonyl (C=O) groups is 1. The maximum atomic E-state index is 13.0. The van der Waals surface area contributed by atoms with Crippen LogP contribution in [0, 0.1) is 35.5 Å². The van der Waals surface area contributed by atoms with E-state index < -0.39 is 23.8 Å². The Hall–Kier alpha value is 0.850. The molecular weight excluding hydrogens is 518 g/mol. The quantitative estimate of drug-likeness (QED) is 0.143. The molecule has 23 heavy (non-hydrogen) atoms. The van der Waals surface area contributed by atoms with E-state index in [1.807, 2.05) is 0 Å². The number of hydrogen-bond donors (Lipinski definition) is 2. The van der Waals surface area contributed by atoms with Crippen LogP contribution >= 0.6 is 43.0 Å². The van der Waals surface area contributed by atoms with E-state index in [0.29, 0.717) is 11.8 Å². The molecule has 0 aromatic heterocycles. The van der Waals surface area contributed by atoms with Gasteiger partial charge >= 0.3 is 160 Å². The molecule has 8 unspecified atom stereocenters. The second-order valence-corrected chi connectivity index (χ2v) is 15.3. The van der Waals surface area contributed by atoms with Crippen LogP contribution in [0.2, 0.25) is 0 Å². The van der Waals surface area contributed by atoms with Gasteiger partial charge in [-0.1, -0.05) is 0 Å². The molecule has 128 valence electrons. The fraction of sp³-hybridized carbons (Fsp3) is 0.941. The Morgan fingerprint density at radius 3 is 2.43 bits per heavy atom. The van der Waals surface area contributed by atoms with Crippen molar-refractivity contribution in [2.24, 2.45) is 35.5 Å². The van der Waals surface area contributed by atoms with Crippen molar-refractivity contribution in [2.45, 2.75) is 58.6 Å². The van der Waals surface area contributed by atoms with E-state index >= 15 is 0 Å². The van der Waals surface area contributed by atoms with Gasteiger partial charge < -0.3 is 0 Å². The van der Waals surface area contributed by atoms with Crippen LogP contribution in [-0.4, -0.2) is 19.2 Å². The van der Waals surface area contributed by atoms with Gasteiger partial charge in [-0.2, -0.15) is 0 Å². The Morgan fingerprint density at radius 1 is 1.13 bits per heavy atom. The van der Waals surface area contributed by atoms with Gasteiger partial charge in [0.1, 0.15) is 0 Å². The third-order valence-electron chi connectivity index (χ3n) is 7.95. The van der Waals surface area contributed by atoms with Gasteiger partial charge in [0, 0.05) is 0 Å². The van der Waals surface area contributed by atoms with Gasteiger partial charge in [-0.3, -0.25) is 0 Å².